The highest BCUT2D eigenvalue weighted by Gasteiger charge is 2.25. The second-order valence-corrected chi connectivity index (χ2v) is 3.80. The summed E-state index contributed by atoms with van der Waals surface area (Å²) in [5.74, 6) is -9.55. The third-order valence-corrected chi connectivity index (χ3v) is 2.57. The first-order valence-electron chi connectivity index (χ1n) is 5.38. The van der Waals surface area contributed by atoms with E-state index in [-0.39, 0.29) is 5.69 Å². The number of methoxy groups -OCH3 is 1. The van der Waals surface area contributed by atoms with Gasteiger partial charge in [0.15, 0.2) is 23.3 Å². The van der Waals surface area contributed by atoms with Gasteiger partial charge in [0, 0.05) is 5.69 Å². The summed E-state index contributed by atoms with van der Waals surface area (Å²) in [7, 11) is 1.42. The molecule has 106 valence electrons. The first kappa shape index (κ1) is 14.1. The van der Waals surface area contributed by atoms with Crippen LogP contribution in [0.2, 0.25) is 0 Å². The van der Waals surface area contributed by atoms with Crippen LogP contribution < -0.4 is 10.1 Å². The van der Waals surface area contributed by atoms with Crippen LogP contribution in [0.4, 0.5) is 33.3 Å². The van der Waals surface area contributed by atoms with E-state index in [0.717, 1.165) is 0 Å². The van der Waals surface area contributed by atoms with Crippen LogP contribution in [-0.4, -0.2) is 7.11 Å². The van der Waals surface area contributed by atoms with Crippen LogP contribution in [0, 0.1) is 29.1 Å². The maximum atomic E-state index is 13.4. The maximum absolute atomic E-state index is 13.4. The van der Waals surface area contributed by atoms with Gasteiger partial charge in [0.25, 0.3) is 0 Å². The second-order valence-electron chi connectivity index (χ2n) is 3.80. The lowest BCUT2D eigenvalue weighted by molar-refractivity contribution is 0.382. The molecular weight excluding hydrogens is 281 g/mol. The van der Waals surface area contributed by atoms with E-state index in [9.17, 15) is 22.0 Å². The Hall–Kier alpha value is -2.31. The molecule has 0 saturated carbocycles. The average Bonchev–Trinajstić information content (AvgIpc) is 2.48. The van der Waals surface area contributed by atoms with Gasteiger partial charge in [-0.1, -0.05) is 0 Å². The Morgan fingerprint density at radius 1 is 0.750 bits per heavy atom. The number of hydrogen-bond acceptors (Lipinski definition) is 2. The summed E-state index contributed by atoms with van der Waals surface area (Å²) in [6.07, 6.45) is 0. The highest BCUT2D eigenvalue weighted by Crippen LogP contribution is 2.30. The Labute approximate surface area is 110 Å². The van der Waals surface area contributed by atoms with Gasteiger partial charge < -0.3 is 10.1 Å². The number of anilines is 2. The molecule has 0 amide bonds. The summed E-state index contributed by atoms with van der Waals surface area (Å²) in [5, 5.41) is 2.15. The molecule has 20 heavy (non-hydrogen) atoms. The molecule has 7 heteroatoms. The summed E-state index contributed by atoms with van der Waals surface area (Å²) < 4.78 is 70.6. The summed E-state index contributed by atoms with van der Waals surface area (Å²) in [5.41, 5.74) is -0.958. The van der Waals surface area contributed by atoms with Crippen molar-refractivity contribution >= 4 is 11.4 Å². The molecular formula is C13H8F5NO. The average molecular weight is 289 g/mol. The summed E-state index contributed by atoms with van der Waals surface area (Å²) in [4.78, 5) is 0. The van der Waals surface area contributed by atoms with Crippen molar-refractivity contribution in [1.82, 2.24) is 0 Å². The van der Waals surface area contributed by atoms with Gasteiger partial charge in [-0.25, -0.2) is 22.0 Å². The van der Waals surface area contributed by atoms with Gasteiger partial charge >= 0.3 is 0 Å². The van der Waals surface area contributed by atoms with Crippen LogP contribution in [0.3, 0.4) is 0 Å². The lowest BCUT2D eigenvalue weighted by Gasteiger charge is -2.11. The van der Waals surface area contributed by atoms with Gasteiger partial charge in [-0.2, -0.15) is 0 Å². The first-order chi connectivity index (χ1) is 9.45. The van der Waals surface area contributed by atoms with E-state index in [1.165, 1.54) is 31.4 Å². The van der Waals surface area contributed by atoms with Gasteiger partial charge in [-0.3, -0.25) is 0 Å². The van der Waals surface area contributed by atoms with E-state index < -0.39 is 34.8 Å². The minimum Gasteiger partial charge on any atom is -0.497 e. The molecule has 0 radical (unpaired) electrons. The summed E-state index contributed by atoms with van der Waals surface area (Å²) in [6.45, 7) is 0. The molecule has 0 atom stereocenters. The lowest BCUT2D eigenvalue weighted by atomic mass is 10.2. The molecule has 2 aromatic carbocycles. The minimum atomic E-state index is -2.19. The van der Waals surface area contributed by atoms with Crippen LogP contribution in [0.15, 0.2) is 24.3 Å². The first-order valence-corrected chi connectivity index (χ1v) is 5.38. The van der Waals surface area contributed by atoms with Crippen molar-refractivity contribution in [3.63, 3.8) is 0 Å². The van der Waals surface area contributed by atoms with E-state index in [2.05, 4.69) is 5.32 Å². The van der Waals surface area contributed by atoms with E-state index in [4.69, 9.17) is 4.74 Å². The molecule has 0 spiro atoms. The molecule has 0 fully saturated rings. The van der Waals surface area contributed by atoms with Crippen molar-refractivity contribution in [3.05, 3.63) is 53.4 Å². The summed E-state index contributed by atoms with van der Waals surface area (Å²) >= 11 is 0. The summed E-state index contributed by atoms with van der Waals surface area (Å²) in [6, 6.07) is 5.68. The molecule has 0 heterocycles. The van der Waals surface area contributed by atoms with E-state index in [1.54, 1.807) is 0 Å². The molecule has 0 aliphatic heterocycles. The molecule has 0 saturated heterocycles. The molecule has 0 unspecified atom stereocenters. The van der Waals surface area contributed by atoms with Crippen molar-refractivity contribution < 1.29 is 26.7 Å². The normalized spacial score (nSPS) is 10.5. The standard InChI is InChI=1S/C13H8F5NO/c1-20-7-4-2-6(3-5-7)19-13-11(17)9(15)8(14)10(16)12(13)18/h2-5,19H,1H3. The Morgan fingerprint density at radius 3 is 1.65 bits per heavy atom. The van der Waals surface area contributed by atoms with Crippen molar-refractivity contribution in [3.8, 4) is 5.75 Å². The molecule has 2 aromatic rings. The Morgan fingerprint density at radius 2 is 1.20 bits per heavy atom. The zero-order valence-corrected chi connectivity index (χ0v) is 10.1. The predicted octanol–water partition coefficient (Wildman–Crippen LogP) is 4.13. The number of hydrogen-bond donors (Lipinski definition) is 1. The van der Waals surface area contributed by atoms with Crippen molar-refractivity contribution in [2.45, 2.75) is 0 Å². The maximum Gasteiger partial charge on any atom is 0.200 e. The minimum absolute atomic E-state index is 0.147. The monoisotopic (exact) mass is 289 g/mol. The van der Waals surface area contributed by atoms with Gasteiger partial charge in [-0.15, -0.1) is 0 Å². The fraction of sp³-hybridized carbons (Fsp3) is 0.0769. The Balaban J connectivity index is 2.42. The molecule has 2 rings (SSSR count). The topological polar surface area (TPSA) is 21.3 Å². The zero-order valence-electron chi connectivity index (χ0n) is 10.1. The Bertz CT molecular complexity index is 613. The van der Waals surface area contributed by atoms with Crippen LogP contribution >= 0.6 is 0 Å². The van der Waals surface area contributed by atoms with Crippen LogP contribution in [-0.2, 0) is 0 Å². The van der Waals surface area contributed by atoms with Crippen LogP contribution in [0.5, 0.6) is 5.75 Å². The lowest BCUT2D eigenvalue weighted by Crippen LogP contribution is -2.06. The van der Waals surface area contributed by atoms with Gasteiger partial charge in [0.2, 0.25) is 5.82 Å². The number of halogens is 5. The highest BCUT2D eigenvalue weighted by molar-refractivity contribution is 5.62. The second kappa shape index (κ2) is 5.36. The number of ether oxygens (including phenoxy) is 1. The van der Waals surface area contributed by atoms with Gasteiger partial charge in [-0.05, 0) is 24.3 Å². The fourth-order valence-corrected chi connectivity index (χ4v) is 1.53. The largest absolute Gasteiger partial charge is 0.497 e. The third kappa shape index (κ3) is 2.38. The van der Waals surface area contributed by atoms with Crippen LogP contribution in [0.25, 0.3) is 0 Å². The SMILES string of the molecule is COc1ccc(Nc2c(F)c(F)c(F)c(F)c2F)cc1. The number of benzene rings is 2. The number of nitrogens with one attached hydrogen (secondary N) is 1. The van der Waals surface area contributed by atoms with Crippen molar-refractivity contribution in [1.29, 1.82) is 0 Å². The molecule has 0 aliphatic carbocycles. The quantitative estimate of drug-likeness (QED) is 0.521. The van der Waals surface area contributed by atoms with Crippen molar-refractivity contribution in [2.75, 3.05) is 12.4 Å². The van der Waals surface area contributed by atoms with Crippen LogP contribution in [0.1, 0.15) is 0 Å². The molecule has 0 aliphatic rings. The zero-order chi connectivity index (χ0) is 14.9. The van der Waals surface area contributed by atoms with E-state index in [1.807, 2.05) is 0 Å². The van der Waals surface area contributed by atoms with Gasteiger partial charge in [0.1, 0.15) is 11.4 Å². The highest BCUT2D eigenvalue weighted by atomic mass is 19.2. The number of rotatable bonds is 3. The Kier molecular flexibility index (Phi) is 3.78. The molecule has 0 aromatic heterocycles. The van der Waals surface area contributed by atoms with Crippen molar-refractivity contribution in [2.24, 2.45) is 0 Å². The van der Waals surface area contributed by atoms with E-state index in [0.29, 0.717) is 5.75 Å². The van der Waals surface area contributed by atoms with Gasteiger partial charge in [0.05, 0.1) is 7.11 Å². The fourth-order valence-electron chi connectivity index (χ4n) is 1.53. The van der Waals surface area contributed by atoms with E-state index >= 15 is 0 Å². The molecule has 1 N–H and O–H groups in total. The predicted molar refractivity (Wildman–Crippen MR) is 62.5 cm³/mol. The third-order valence-electron chi connectivity index (χ3n) is 2.57. The molecule has 0 bridgehead atoms. The molecule has 2 nitrogen and oxygen atoms in total. The smallest absolute Gasteiger partial charge is 0.200 e.